The van der Waals surface area contributed by atoms with E-state index in [0.717, 1.165) is 11.6 Å². The molecule has 0 saturated carbocycles. The molecule has 0 bridgehead atoms. The standard InChI is InChI=1S/C19H25N3O6/c23-12-13-16(24)17(25)18(26)19(28-13)27-11-5-10-22(14-6-1-3-8-20-14)15-7-2-4-9-21-15/h1-4,6-9,13,16-19,23-26H,5,10-12H2/t13-,16-,17+,18-,19-/m1/s1. The van der Waals surface area contributed by atoms with Gasteiger partial charge in [-0.1, -0.05) is 12.1 Å². The van der Waals surface area contributed by atoms with E-state index in [2.05, 4.69) is 9.97 Å². The topological polar surface area (TPSA) is 128 Å². The molecular weight excluding hydrogens is 366 g/mol. The van der Waals surface area contributed by atoms with Gasteiger partial charge < -0.3 is 34.8 Å². The molecule has 1 saturated heterocycles. The Morgan fingerprint density at radius 3 is 2.11 bits per heavy atom. The van der Waals surface area contributed by atoms with Crippen molar-refractivity contribution in [2.45, 2.75) is 37.1 Å². The number of aliphatic hydroxyl groups is 4. The van der Waals surface area contributed by atoms with Crippen LogP contribution in [-0.2, 0) is 9.47 Å². The third-order valence-corrected chi connectivity index (χ3v) is 4.51. The first kappa shape index (κ1) is 20.6. The van der Waals surface area contributed by atoms with Crippen molar-refractivity contribution in [2.75, 3.05) is 24.7 Å². The van der Waals surface area contributed by atoms with Crippen molar-refractivity contribution < 1.29 is 29.9 Å². The predicted octanol–water partition coefficient (Wildman–Crippen LogP) is -0.179. The lowest BCUT2D eigenvalue weighted by atomic mass is 9.99. The van der Waals surface area contributed by atoms with Gasteiger partial charge in [0.2, 0.25) is 0 Å². The molecule has 4 N–H and O–H groups in total. The van der Waals surface area contributed by atoms with Crippen LogP contribution in [0.3, 0.4) is 0 Å². The Balaban J connectivity index is 1.57. The molecular formula is C19H25N3O6. The van der Waals surface area contributed by atoms with Crippen LogP contribution in [0.25, 0.3) is 0 Å². The Morgan fingerprint density at radius 2 is 1.57 bits per heavy atom. The van der Waals surface area contributed by atoms with E-state index in [-0.39, 0.29) is 6.61 Å². The maximum absolute atomic E-state index is 10.0. The van der Waals surface area contributed by atoms with E-state index in [9.17, 15) is 20.4 Å². The highest BCUT2D eigenvalue weighted by Gasteiger charge is 2.43. The maximum atomic E-state index is 10.0. The van der Waals surface area contributed by atoms with Gasteiger partial charge in [-0.05, 0) is 30.7 Å². The molecule has 3 heterocycles. The van der Waals surface area contributed by atoms with Gasteiger partial charge in [-0.2, -0.15) is 0 Å². The van der Waals surface area contributed by atoms with Gasteiger partial charge in [0.1, 0.15) is 36.1 Å². The average molecular weight is 391 g/mol. The monoisotopic (exact) mass is 391 g/mol. The summed E-state index contributed by atoms with van der Waals surface area (Å²) in [5.74, 6) is 1.49. The van der Waals surface area contributed by atoms with E-state index in [4.69, 9.17) is 9.47 Å². The highest BCUT2D eigenvalue weighted by Crippen LogP contribution is 2.23. The largest absolute Gasteiger partial charge is 0.394 e. The van der Waals surface area contributed by atoms with Crippen LogP contribution in [0.5, 0.6) is 0 Å². The summed E-state index contributed by atoms with van der Waals surface area (Å²) in [7, 11) is 0. The van der Waals surface area contributed by atoms with Crippen molar-refractivity contribution in [3.63, 3.8) is 0 Å². The van der Waals surface area contributed by atoms with E-state index in [0.29, 0.717) is 13.0 Å². The molecule has 1 aliphatic rings. The van der Waals surface area contributed by atoms with Crippen LogP contribution in [0.2, 0.25) is 0 Å². The van der Waals surface area contributed by atoms with Crippen molar-refractivity contribution in [3.05, 3.63) is 48.8 Å². The smallest absolute Gasteiger partial charge is 0.186 e. The number of hydrogen-bond donors (Lipinski definition) is 4. The van der Waals surface area contributed by atoms with E-state index in [1.54, 1.807) is 12.4 Å². The number of hydrogen-bond acceptors (Lipinski definition) is 9. The van der Waals surface area contributed by atoms with Gasteiger partial charge in [-0.3, -0.25) is 0 Å². The van der Waals surface area contributed by atoms with Crippen LogP contribution in [0.1, 0.15) is 6.42 Å². The minimum Gasteiger partial charge on any atom is -0.394 e. The SMILES string of the molecule is OC[C@H]1O[C@@H](OCCCN(c2ccccn2)c2ccccn2)[C@H](O)[C@@H](O)[C@@H]1O. The van der Waals surface area contributed by atoms with E-state index >= 15 is 0 Å². The zero-order chi connectivity index (χ0) is 19.9. The molecule has 0 aliphatic carbocycles. The zero-order valence-electron chi connectivity index (χ0n) is 15.3. The zero-order valence-corrected chi connectivity index (χ0v) is 15.3. The lowest BCUT2D eigenvalue weighted by Crippen LogP contribution is -2.59. The van der Waals surface area contributed by atoms with Gasteiger partial charge in [0.15, 0.2) is 6.29 Å². The Hall–Kier alpha value is -2.14. The van der Waals surface area contributed by atoms with Crippen molar-refractivity contribution in [1.29, 1.82) is 0 Å². The number of ether oxygens (including phenoxy) is 2. The first-order valence-corrected chi connectivity index (χ1v) is 9.13. The Kier molecular flexibility index (Phi) is 7.26. The highest BCUT2D eigenvalue weighted by molar-refractivity contribution is 5.55. The maximum Gasteiger partial charge on any atom is 0.186 e. The van der Waals surface area contributed by atoms with E-state index in [1.807, 2.05) is 41.3 Å². The molecule has 9 heteroatoms. The number of aromatic nitrogens is 2. The van der Waals surface area contributed by atoms with Crippen molar-refractivity contribution in [3.8, 4) is 0 Å². The molecule has 0 spiro atoms. The lowest BCUT2D eigenvalue weighted by molar-refractivity contribution is -0.301. The van der Waals surface area contributed by atoms with Crippen molar-refractivity contribution in [2.24, 2.45) is 0 Å². The average Bonchev–Trinajstić information content (AvgIpc) is 2.75. The summed E-state index contributed by atoms with van der Waals surface area (Å²) < 4.78 is 10.9. The minimum atomic E-state index is -1.45. The number of aliphatic hydroxyl groups excluding tert-OH is 4. The van der Waals surface area contributed by atoms with Crippen LogP contribution in [-0.4, -0.2) is 80.9 Å². The molecule has 28 heavy (non-hydrogen) atoms. The number of nitrogens with zero attached hydrogens (tertiary/aromatic N) is 3. The number of pyridine rings is 2. The third kappa shape index (κ3) is 4.82. The molecule has 1 aliphatic heterocycles. The molecule has 0 unspecified atom stereocenters. The van der Waals surface area contributed by atoms with E-state index in [1.165, 1.54) is 0 Å². The Labute approximate surface area is 162 Å². The molecule has 0 radical (unpaired) electrons. The van der Waals surface area contributed by atoms with Gasteiger partial charge in [0, 0.05) is 18.9 Å². The molecule has 9 nitrogen and oxygen atoms in total. The molecule has 0 amide bonds. The van der Waals surface area contributed by atoms with Crippen LogP contribution in [0.4, 0.5) is 11.6 Å². The summed E-state index contributed by atoms with van der Waals surface area (Å²) >= 11 is 0. The normalized spacial score (nSPS) is 27.5. The van der Waals surface area contributed by atoms with Crippen LogP contribution < -0.4 is 4.90 Å². The summed E-state index contributed by atoms with van der Waals surface area (Å²) in [6, 6.07) is 11.2. The van der Waals surface area contributed by atoms with Crippen molar-refractivity contribution >= 4 is 11.6 Å². The van der Waals surface area contributed by atoms with Gasteiger partial charge in [0.05, 0.1) is 13.2 Å². The van der Waals surface area contributed by atoms with Gasteiger partial charge in [-0.15, -0.1) is 0 Å². The van der Waals surface area contributed by atoms with Gasteiger partial charge in [-0.25, -0.2) is 9.97 Å². The Bertz CT molecular complexity index is 666. The fourth-order valence-corrected chi connectivity index (χ4v) is 3.00. The predicted molar refractivity (Wildman–Crippen MR) is 99.8 cm³/mol. The first-order chi connectivity index (χ1) is 13.6. The summed E-state index contributed by atoms with van der Waals surface area (Å²) in [5, 5.41) is 38.9. The molecule has 2 aromatic rings. The summed E-state index contributed by atoms with van der Waals surface area (Å²) in [4.78, 5) is 10.7. The second-order valence-corrected chi connectivity index (χ2v) is 6.45. The fraction of sp³-hybridized carbons (Fsp3) is 0.474. The summed E-state index contributed by atoms with van der Waals surface area (Å²) in [6.07, 6.45) is -2.40. The molecule has 3 rings (SSSR count). The molecule has 1 fully saturated rings. The molecule has 2 aromatic heterocycles. The quantitative estimate of drug-likeness (QED) is 0.453. The lowest BCUT2D eigenvalue weighted by Gasteiger charge is -2.39. The minimum absolute atomic E-state index is 0.221. The molecule has 0 aromatic carbocycles. The van der Waals surface area contributed by atoms with Crippen LogP contribution in [0, 0.1) is 0 Å². The third-order valence-electron chi connectivity index (χ3n) is 4.51. The second-order valence-electron chi connectivity index (χ2n) is 6.45. The Morgan fingerprint density at radius 1 is 0.929 bits per heavy atom. The fourth-order valence-electron chi connectivity index (χ4n) is 3.00. The number of rotatable bonds is 8. The molecule has 152 valence electrons. The summed E-state index contributed by atoms with van der Waals surface area (Å²) in [5.41, 5.74) is 0. The first-order valence-electron chi connectivity index (χ1n) is 9.13. The van der Waals surface area contributed by atoms with Gasteiger partial charge in [0.25, 0.3) is 0 Å². The van der Waals surface area contributed by atoms with Crippen LogP contribution in [0.15, 0.2) is 48.8 Å². The van der Waals surface area contributed by atoms with E-state index < -0.39 is 37.3 Å². The van der Waals surface area contributed by atoms with Crippen molar-refractivity contribution in [1.82, 2.24) is 9.97 Å². The second kappa shape index (κ2) is 9.87. The number of anilines is 2. The molecule has 5 atom stereocenters. The summed E-state index contributed by atoms with van der Waals surface area (Å²) in [6.45, 7) is 0.280. The van der Waals surface area contributed by atoms with Gasteiger partial charge >= 0.3 is 0 Å². The highest BCUT2D eigenvalue weighted by atomic mass is 16.7. The van der Waals surface area contributed by atoms with Crippen LogP contribution >= 0.6 is 0 Å².